The van der Waals surface area contributed by atoms with Gasteiger partial charge in [0, 0.05) is 13.2 Å². The first-order valence-corrected chi connectivity index (χ1v) is 4.90. The monoisotopic (exact) mass is 186 g/mol. The standard InChI is InChI=1S/C10H18O3/c1-8(11)9(2)13-7-10-3-5-12-6-4-10/h9-10H,3-7H2,1-2H3. The number of ether oxygens (including phenoxy) is 2. The molecule has 1 fully saturated rings. The molecule has 0 aromatic heterocycles. The van der Waals surface area contributed by atoms with E-state index < -0.39 is 0 Å². The third kappa shape index (κ3) is 3.87. The molecule has 3 nitrogen and oxygen atoms in total. The Labute approximate surface area is 79.4 Å². The predicted octanol–water partition coefficient (Wildman–Crippen LogP) is 1.41. The summed E-state index contributed by atoms with van der Waals surface area (Å²) in [6.07, 6.45) is 1.87. The molecule has 1 heterocycles. The number of carbonyl (C=O) groups is 1. The lowest BCUT2D eigenvalue weighted by molar-refractivity contribution is -0.128. The van der Waals surface area contributed by atoms with Crippen LogP contribution in [-0.4, -0.2) is 31.7 Å². The van der Waals surface area contributed by atoms with E-state index in [2.05, 4.69) is 0 Å². The molecule has 1 rings (SSSR count). The number of hydrogen-bond donors (Lipinski definition) is 0. The van der Waals surface area contributed by atoms with Gasteiger partial charge in [-0.05, 0) is 32.6 Å². The van der Waals surface area contributed by atoms with E-state index >= 15 is 0 Å². The topological polar surface area (TPSA) is 35.5 Å². The maximum atomic E-state index is 10.9. The molecule has 0 radical (unpaired) electrons. The minimum Gasteiger partial charge on any atom is -0.381 e. The summed E-state index contributed by atoms with van der Waals surface area (Å²) in [5.41, 5.74) is 0. The van der Waals surface area contributed by atoms with Gasteiger partial charge in [-0.15, -0.1) is 0 Å². The molecular weight excluding hydrogens is 168 g/mol. The molecule has 13 heavy (non-hydrogen) atoms. The van der Waals surface area contributed by atoms with Crippen molar-refractivity contribution in [3.63, 3.8) is 0 Å². The van der Waals surface area contributed by atoms with Crippen molar-refractivity contribution in [3.8, 4) is 0 Å². The smallest absolute Gasteiger partial charge is 0.158 e. The lowest BCUT2D eigenvalue weighted by Gasteiger charge is -2.22. The third-order valence-electron chi connectivity index (χ3n) is 2.50. The van der Waals surface area contributed by atoms with Crippen molar-refractivity contribution in [2.24, 2.45) is 5.92 Å². The highest BCUT2D eigenvalue weighted by atomic mass is 16.5. The molecule has 0 aromatic rings. The quantitative estimate of drug-likeness (QED) is 0.666. The zero-order valence-electron chi connectivity index (χ0n) is 8.41. The fourth-order valence-corrected chi connectivity index (χ4v) is 1.31. The van der Waals surface area contributed by atoms with Gasteiger partial charge in [-0.3, -0.25) is 4.79 Å². The van der Waals surface area contributed by atoms with Gasteiger partial charge in [-0.2, -0.15) is 0 Å². The average Bonchev–Trinajstić information content (AvgIpc) is 2.15. The van der Waals surface area contributed by atoms with Crippen molar-refractivity contribution >= 4 is 5.78 Å². The van der Waals surface area contributed by atoms with Gasteiger partial charge in [0.15, 0.2) is 5.78 Å². The summed E-state index contributed by atoms with van der Waals surface area (Å²) in [5, 5.41) is 0. The van der Waals surface area contributed by atoms with Gasteiger partial charge in [0.05, 0.1) is 6.61 Å². The molecule has 1 saturated heterocycles. The Bertz CT molecular complexity index is 162. The van der Waals surface area contributed by atoms with E-state index in [1.54, 1.807) is 6.92 Å². The summed E-state index contributed by atoms with van der Waals surface area (Å²) in [4.78, 5) is 10.9. The molecule has 0 spiro atoms. The van der Waals surface area contributed by atoms with Crippen LogP contribution in [0.25, 0.3) is 0 Å². The second-order valence-electron chi connectivity index (χ2n) is 3.64. The Morgan fingerprint density at radius 2 is 2.15 bits per heavy atom. The van der Waals surface area contributed by atoms with E-state index in [1.165, 1.54) is 0 Å². The van der Waals surface area contributed by atoms with E-state index in [0.717, 1.165) is 26.1 Å². The Balaban J connectivity index is 2.13. The summed E-state index contributed by atoms with van der Waals surface area (Å²) in [6, 6.07) is 0. The molecule has 1 unspecified atom stereocenters. The maximum Gasteiger partial charge on any atom is 0.158 e. The highest BCUT2D eigenvalue weighted by molar-refractivity contribution is 5.79. The van der Waals surface area contributed by atoms with E-state index in [4.69, 9.17) is 9.47 Å². The van der Waals surface area contributed by atoms with Gasteiger partial charge >= 0.3 is 0 Å². The van der Waals surface area contributed by atoms with Crippen LogP contribution in [0, 0.1) is 5.92 Å². The number of ketones is 1. The van der Waals surface area contributed by atoms with Crippen LogP contribution in [0.5, 0.6) is 0 Å². The van der Waals surface area contributed by atoms with E-state index in [0.29, 0.717) is 12.5 Å². The summed E-state index contributed by atoms with van der Waals surface area (Å²) in [5.74, 6) is 0.683. The SMILES string of the molecule is CC(=O)C(C)OCC1CCOCC1. The van der Waals surface area contributed by atoms with Crippen molar-refractivity contribution in [2.45, 2.75) is 32.8 Å². The van der Waals surface area contributed by atoms with Crippen molar-refractivity contribution in [2.75, 3.05) is 19.8 Å². The summed E-state index contributed by atoms with van der Waals surface area (Å²) in [7, 11) is 0. The molecule has 76 valence electrons. The molecule has 0 N–H and O–H groups in total. The van der Waals surface area contributed by atoms with E-state index in [1.807, 2.05) is 6.92 Å². The normalized spacial score (nSPS) is 21.4. The van der Waals surface area contributed by atoms with Crippen molar-refractivity contribution in [1.29, 1.82) is 0 Å². The second kappa shape index (κ2) is 5.35. The Kier molecular flexibility index (Phi) is 4.39. The third-order valence-corrected chi connectivity index (χ3v) is 2.50. The minimum atomic E-state index is -0.247. The van der Waals surface area contributed by atoms with Crippen molar-refractivity contribution in [1.82, 2.24) is 0 Å². The van der Waals surface area contributed by atoms with Crippen LogP contribution < -0.4 is 0 Å². The molecule has 0 saturated carbocycles. The number of carbonyl (C=O) groups excluding carboxylic acids is 1. The highest BCUT2D eigenvalue weighted by Gasteiger charge is 2.16. The van der Waals surface area contributed by atoms with Crippen LogP contribution in [-0.2, 0) is 14.3 Å². The van der Waals surface area contributed by atoms with E-state index in [-0.39, 0.29) is 11.9 Å². The molecule has 1 aliphatic rings. The first-order valence-electron chi connectivity index (χ1n) is 4.90. The Hall–Kier alpha value is -0.410. The van der Waals surface area contributed by atoms with Crippen LogP contribution >= 0.6 is 0 Å². The van der Waals surface area contributed by atoms with Crippen molar-refractivity contribution in [3.05, 3.63) is 0 Å². The van der Waals surface area contributed by atoms with Crippen molar-refractivity contribution < 1.29 is 14.3 Å². The minimum absolute atomic E-state index is 0.104. The zero-order chi connectivity index (χ0) is 9.68. The highest BCUT2D eigenvalue weighted by Crippen LogP contribution is 2.15. The molecule has 0 aliphatic carbocycles. The maximum absolute atomic E-state index is 10.9. The number of Topliss-reactive ketones (excluding diaryl/α,β-unsaturated/α-hetero) is 1. The molecular formula is C10H18O3. The fraction of sp³-hybridized carbons (Fsp3) is 0.900. The van der Waals surface area contributed by atoms with Gasteiger partial charge in [0.2, 0.25) is 0 Å². The van der Waals surface area contributed by atoms with Gasteiger partial charge < -0.3 is 9.47 Å². The van der Waals surface area contributed by atoms with E-state index in [9.17, 15) is 4.79 Å². The molecule has 0 aromatic carbocycles. The molecule has 0 bridgehead atoms. The largest absolute Gasteiger partial charge is 0.381 e. The number of rotatable bonds is 4. The van der Waals surface area contributed by atoms with Crippen LogP contribution in [0.15, 0.2) is 0 Å². The Morgan fingerprint density at radius 3 is 2.69 bits per heavy atom. The van der Waals surface area contributed by atoms with Crippen LogP contribution in [0.1, 0.15) is 26.7 Å². The van der Waals surface area contributed by atoms with Gasteiger partial charge in [-0.25, -0.2) is 0 Å². The second-order valence-corrected chi connectivity index (χ2v) is 3.64. The van der Waals surface area contributed by atoms with Crippen LogP contribution in [0.3, 0.4) is 0 Å². The lowest BCUT2D eigenvalue weighted by Crippen LogP contribution is -2.25. The van der Waals surface area contributed by atoms with Crippen LogP contribution in [0.4, 0.5) is 0 Å². The van der Waals surface area contributed by atoms with Gasteiger partial charge in [0.1, 0.15) is 6.10 Å². The lowest BCUT2D eigenvalue weighted by atomic mass is 10.0. The van der Waals surface area contributed by atoms with Gasteiger partial charge in [0.25, 0.3) is 0 Å². The Morgan fingerprint density at radius 1 is 1.54 bits per heavy atom. The molecule has 3 heteroatoms. The van der Waals surface area contributed by atoms with Gasteiger partial charge in [-0.1, -0.05) is 0 Å². The predicted molar refractivity (Wildman–Crippen MR) is 49.6 cm³/mol. The zero-order valence-corrected chi connectivity index (χ0v) is 8.41. The van der Waals surface area contributed by atoms with Crippen LogP contribution in [0.2, 0.25) is 0 Å². The molecule has 1 atom stereocenters. The molecule has 1 aliphatic heterocycles. The summed E-state index contributed by atoms with van der Waals surface area (Å²) < 4.78 is 10.7. The summed E-state index contributed by atoms with van der Waals surface area (Å²) >= 11 is 0. The molecule has 0 amide bonds. The fourth-order valence-electron chi connectivity index (χ4n) is 1.31. The average molecular weight is 186 g/mol. The summed E-state index contributed by atoms with van der Waals surface area (Å²) in [6.45, 7) is 5.74. The first-order chi connectivity index (χ1) is 6.20. The number of hydrogen-bond acceptors (Lipinski definition) is 3. The first kappa shape index (κ1) is 10.7.